The summed E-state index contributed by atoms with van der Waals surface area (Å²) in [6, 6.07) is 5.41. The van der Waals surface area contributed by atoms with E-state index in [-0.39, 0.29) is 22.3 Å². The van der Waals surface area contributed by atoms with Crippen LogP contribution in [0.4, 0.5) is 5.69 Å². The molecule has 1 heterocycles. The van der Waals surface area contributed by atoms with Gasteiger partial charge in [-0.3, -0.25) is 4.79 Å². The van der Waals surface area contributed by atoms with Gasteiger partial charge in [-0.15, -0.1) is 0 Å². The monoisotopic (exact) mass is 426 g/mol. The van der Waals surface area contributed by atoms with Gasteiger partial charge in [-0.1, -0.05) is 6.42 Å². The number of nitrogens with one attached hydrogen (secondary N) is 2. The number of carbonyl (C=O) groups excluding carboxylic acids is 1. The molecule has 1 aromatic rings. The highest BCUT2D eigenvalue weighted by Gasteiger charge is 2.40. The number of benzene rings is 1. The minimum Gasteiger partial charge on any atom is -0.326 e. The van der Waals surface area contributed by atoms with Crippen LogP contribution < -0.4 is 10.0 Å². The summed E-state index contributed by atoms with van der Waals surface area (Å²) >= 11 is 0. The molecule has 7 nitrogen and oxygen atoms in total. The van der Waals surface area contributed by atoms with E-state index in [0.717, 1.165) is 12.3 Å². The van der Waals surface area contributed by atoms with Gasteiger partial charge in [0.15, 0.2) is 9.84 Å². The van der Waals surface area contributed by atoms with Gasteiger partial charge in [0.25, 0.3) is 0 Å². The van der Waals surface area contributed by atoms with E-state index in [1.54, 1.807) is 12.1 Å². The van der Waals surface area contributed by atoms with Crippen LogP contribution >= 0.6 is 0 Å². The fourth-order valence-electron chi connectivity index (χ4n) is 4.97. The fourth-order valence-corrected chi connectivity index (χ4v) is 8.02. The third-order valence-corrected chi connectivity index (χ3v) is 9.64. The zero-order valence-electron chi connectivity index (χ0n) is 15.6. The highest BCUT2D eigenvalue weighted by atomic mass is 32.2. The van der Waals surface area contributed by atoms with E-state index >= 15 is 0 Å². The quantitative estimate of drug-likeness (QED) is 0.722. The van der Waals surface area contributed by atoms with Crippen molar-refractivity contribution in [1.82, 2.24) is 4.72 Å². The summed E-state index contributed by atoms with van der Waals surface area (Å²) in [5.74, 6) is 1.79. The average Bonchev–Trinajstić information content (AvgIpc) is 3.30. The number of sulfone groups is 1. The topological polar surface area (TPSA) is 109 Å². The van der Waals surface area contributed by atoms with Crippen molar-refractivity contribution in [2.45, 2.75) is 49.5 Å². The molecule has 0 spiro atoms. The minimum atomic E-state index is -3.79. The summed E-state index contributed by atoms with van der Waals surface area (Å²) < 4.78 is 50.3. The Morgan fingerprint density at radius 1 is 1.07 bits per heavy atom. The van der Waals surface area contributed by atoms with Crippen LogP contribution in [0.15, 0.2) is 29.2 Å². The first-order valence-electron chi connectivity index (χ1n) is 9.83. The summed E-state index contributed by atoms with van der Waals surface area (Å²) in [6.45, 7) is 0. The van der Waals surface area contributed by atoms with Crippen molar-refractivity contribution in [2.75, 3.05) is 16.8 Å². The number of anilines is 1. The van der Waals surface area contributed by atoms with Gasteiger partial charge in [0.05, 0.1) is 16.4 Å². The molecule has 1 amide bonds. The molecule has 154 valence electrons. The molecule has 2 saturated carbocycles. The zero-order valence-corrected chi connectivity index (χ0v) is 17.3. The summed E-state index contributed by atoms with van der Waals surface area (Å²) in [7, 11) is -6.95. The first-order valence-corrected chi connectivity index (χ1v) is 13.1. The van der Waals surface area contributed by atoms with Crippen LogP contribution in [0.25, 0.3) is 0 Å². The van der Waals surface area contributed by atoms with Crippen LogP contribution in [0, 0.1) is 17.8 Å². The van der Waals surface area contributed by atoms with Crippen LogP contribution in [0.2, 0.25) is 0 Å². The summed E-state index contributed by atoms with van der Waals surface area (Å²) in [5.41, 5.74) is 0.565. The summed E-state index contributed by atoms with van der Waals surface area (Å²) in [6.07, 6.45) is 5.78. The van der Waals surface area contributed by atoms with Gasteiger partial charge in [-0.25, -0.2) is 21.6 Å². The Hall–Kier alpha value is -1.45. The van der Waals surface area contributed by atoms with Crippen LogP contribution in [-0.4, -0.2) is 40.3 Å². The lowest BCUT2D eigenvalue weighted by molar-refractivity contribution is -0.117. The molecule has 2 aliphatic carbocycles. The number of carbonyl (C=O) groups is 1. The highest BCUT2D eigenvalue weighted by molar-refractivity contribution is 7.92. The van der Waals surface area contributed by atoms with E-state index < -0.39 is 25.9 Å². The summed E-state index contributed by atoms with van der Waals surface area (Å²) in [5, 5.41) is 2.86. The lowest BCUT2D eigenvalue weighted by Crippen LogP contribution is -2.35. The van der Waals surface area contributed by atoms with Crippen molar-refractivity contribution in [1.29, 1.82) is 0 Å². The van der Waals surface area contributed by atoms with Gasteiger partial charge in [0, 0.05) is 18.2 Å². The molecular formula is C19H26N2O5S2. The van der Waals surface area contributed by atoms with Crippen molar-refractivity contribution in [3.8, 4) is 0 Å². The van der Waals surface area contributed by atoms with E-state index in [1.165, 1.54) is 31.4 Å². The number of hydrogen-bond donors (Lipinski definition) is 2. The second-order valence-electron chi connectivity index (χ2n) is 8.43. The average molecular weight is 427 g/mol. The Morgan fingerprint density at radius 3 is 2.39 bits per heavy atom. The number of hydrogen-bond acceptors (Lipinski definition) is 5. The van der Waals surface area contributed by atoms with E-state index in [9.17, 15) is 21.6 Å². The van der Waals surface area contributed by atoms with Crippen molar-refractivity contribution < 1.29 is 21.6 Å². The number of sulfonamides is 1. The van der Waals surface area contributed by atoms with Gasteiger partial charge in [0.2, 0.25) is 15.9 Å². The molecule has 2 N–H and O–H groups in total. The van der Waals surface area contributed by atoms with Gasteiger partial charge in [0.1, 0.15) is 0 Å². The third-order valence-electron chi connectivity index (χ3n) is 6.33. The molecule has 0 radical (unpaired) electrons. The van der Waals surface area contributed by atoms with Gasteiger partial charge < -0.3 is 5.32 Å². The second-order valence-corrected chi connectivity index (χ2v) is 12.4. The lowest BCUT2D eigenvalue weighted by Gasteiger charge is -2.20. The maximum Gasteiger partial charge on any atom is 0.240 e. The van der Waals surface area contributed by atoms with Crippen LogP contribution in [0.3, 0.4) is 0 Å². The predicted molar refractivity (Wildman–Crippen MR) is 106 cm³/mol. The zero-order chi connectivity index (χ0) is 19.9. The normalized spacial score (nSPS) is 31.1. The SMILES string of the molecule is O=C(C[C@H]1C[C@H]2CC[C@H]1C2)Nc1ccc(S(=O)(=O)N[C@@H]2CCS(=O)(=O)C2)cc1. The van der Waals surface area contributed by atoms with Crippen molar-refractivity contribution in [3.05, 3.63) is 24.3 Å². The van der Waals surface area contributed by atoms with E-state index in [2.05, 4.69) is 10.0 Å². The molecule has 28 heavy (non-hydrogen) atoms. The maximum atomic E-state index is 12.4. The Kier molecular flexibility index (Phi) is 5.26. The number of amides is 1. The van der Waals surface area contributed by atoms with Crippen LogP contribution in [0.1, 0.15) is 38.5 Å². The van der Waals surface area contributed by atoms with Gasteiger partial charge in [-0.05, 0) is 67.7 Å². The molecule has 2 bridgehead atoms. The van der Waals surface area contributed by atoms with Crippen molar-refractivity contribution in [3.63, 3.8) is 0 Å². The Bertz CT molecular complexity index is 957. The fraction of sp³-hybridized carbons (Fsp3) is 0.632. The molecule has 3 fully saturated rings. The third kappa shape index (κ3) is 4.41. The molecule has 1 saturated heterocycles. The molecule has 1 aliphatic heterocycles. The smallest absolute Gasteiger partial charge is 0.240 e. The predicted octanol–water partition coefficient (Wildman–Crippen LogP) is 1.92. The van der Waals surface area contributed by atoms with Gasteiger partial charge >= 0.3 is 0 Å². The minimum absolute atomic E-state index is 0.00769. The Morgan fingerprint density at radius 2 is 1.82 bits per heavy atom. The maximum absolute atomic E-state index is 12.4. The van der Waals surface area contributed by atoms with E-state index in [4.69, 9.17) is 0 Å². The molecule has 3 aliphatic rings. The first kappa shape index (κ1) is 19.8. The van der Waals surface area contributed by atoms with E-state index in [0.29, 0.717) is 30.4 Å². The van der Waals surface area contributed by atoms with Crippen LogP contribution in [-0.2, 0) is 24.7 Å². The van der Waals surface area contributed by atoms with Gasteiger partial charge in [-0.2, -0.15) is 0 Å². The molecule has 4 rings (SSSR count). The summed E-state index contributed by atoms with van der Waals surface area (Å²) in [4.78, 5) is 12.4. The number of rotatable bonds is 6. The lowest BCUT2D eigenvalue weighted by atomic mass is 9.86. The van der Waals surface area contributed by atoms with Crippen molar-refractivity contribution in [2.24, 2.45) is 17.8 Å². The molecule has 4 atom stereocenters. The Labute approximate surface area is 166 Å². The van der Waals surface area contributed by atoms with E-state index in [1.807, 2.05) is 0 Å². The standard InChI is InChI=1S/C19H26N2O5S2/c22-19(11-15-10-13-1-2-14(15)9-13)20-16-3-5-18(6-4-16)28(25,26)21-17-7-8-27(23,24)12-17/h3-6,13-15,17,21H,1-2,7-12H2,(H,20,22)/t13-,14-,15+,17+/m0/s1. The second kappa shape index (κ2) is 7.42. The number of fused-ring (bicyclic) bond motifs is 2. The molecule has 0 aromatic heterocycles. The highest BCUT2D eigenvalue weighted by Crippen LogP contribution is 2.49. The molecule has 1 aromatic carbocycles. The molecule has 0 unspecified atom stereocenters. The van der Waals surface area contributed by atoms with Crippen molar-refractivity contribution >= 4 is 31.5 Å². The molecule has 9 heteroatoms. The van der Waals surface area contributed by atoms with Crippen LogP contribution in [0.5, 0.6) is 0 Å². The Balaban J connectivity index is 1.33. The molecular weight excluding hydrogens is 400 g/mol. The first-order chi connectivity index (χ1) is 13.2. The largest absolute Gasteiger partial charge is 0.326 e.